The van der Waals surface area contributed by atoms with Crippen molar-refractivity contribution in [3.63, 3.8) is 0 Å². The molecule has 86 heavy (non-hydrogen) atoms. The Labute approximate surface area is 502 Å². The number of aliphatic imine (C=N–C) groups is 1. The van der Waals surface area contributed by atoms with Crippen molar-refractivity contribution in [1.29, 1.82) is 0 Å². The molecule has 4 heterocycles. The molecule has 15 rings (SSSR count). The summed E-state index contributed by atoms with van der Waals surface area (Å²) in [6, 6.07) is 65.5. The van der Waals surface area contributed by atoms with E-state index < -0.39 is 0 Å². The standard InChI is InChI=1S/C40H27N3O.C37H34N2O.C2H6/c1-44-39-18-10-8-15-31(39)33-24-35-30-21-22-41-25-38(30)43(40(35)32-16-6-5-13-28(32)33)27-19-20-37-34(23-27)29-14-7-9-17-36(29)42(37)26-11-3-2-4-12-26;1-6-12-30-33-23-32-29-16-10-9-14-25(29)22-26-15-11-17-31(35(26)32)36(33)39(37(30)38-4)27-20-18-24(19-21-27)28(8-3)34(40-5)13-7-2;1-2/h2-25H,1H3;6-18,20,23H,3-4,19,21-22H2,1-2,5H3;1-2H3/b;12-6-,13-7-,34-28-;. The third kappa shape index (κ3) is 8.97. The van der Waals surface area contributed by atoms with Crippen LogP contribution in [0.4, 0.5) is 5.82 Å². The minimum Gasteiger partial charge on any atom is -0.496 e. The van der Waals surface area contributed by atoms with Gasteiger partial charge in [0, 0.05) is 77.7 Å². The molecule has 2 aliphatic rings. The monoisotopic (exact) mass is 1120 g/mol. The van der Waals surface area contributed by atoms with Crippen molar-refractivity contribution in [3.8, 4) is 39.4 Å². The molecule has 0 aliphatic heterocycles. The van der Waals surface area contributed by atoms with Crippen molar-refractivity contribution in [2.75, 3.05) is 14.2 Å². The molecule has 0 amide bonds. The minimum atomic E-state index is 0.830. The maximum atomic E-state index is 5.82. The van der Waals surface area contributed by atoms with Gasteiger partial charge in [0.2, 0.25) is 0 Å². The Morgan fingerprint density at radius 1 is 0.547 bits per heavy atom. The second kappa shape index (κ2) is 23.3. The number of para-hydroxylation sites is 3. The summed E-state index contributed by atoms with van der Waals surface area (Å²) < 4.78 is 18.6. The van der Waals surface area contributed by atoms with Gasteiger partial charge >= 0.3 is 0 Å². The lowest BCUT2D eigenvalue weighted by atomic mass is 9.82. The van der Waals surface area contributed by atoms with Crippen LogP contribution in [-0.2, 0) is 11.2 Å². The Balaban J connectivity index is 0.000000156. The largest absolute Gasteiger partial charge is 0.496 e. The molecule has 0 saturated heterocycles. The van der Waals surface area contributed by atoms with Crippen molar-refractivity contribution >= 4 is 100 Å². The van der Waals surface area contributed by atoms with Crippen LogP contribution in [0.2, 0.25) is 0 Å². The molecule has 0 unspecified atom stereocenters. The van der Waals surface area contributed by atoms with E-state index in [0.29, 0.717) is 0 Å². The van der Waals surface area contributed by atoms with E-state index in [-0.39, 0.29) is 0 Å². The highest BCUT2D eigenvalue weighted by Gasteiger charge is 2.27. The van der Waals surface area contributed by atoms with Crippen molar-refractivity contribution in [2.24, 2.45) is 4.99 Å². The fourth-order valence-corrected chi connectivity index (χ4v) is 13.5. The van der Waals surface area contributed by atoms with Gasteiger partial charge in [-0.15, -0.1) is 0 Å². The van der Waals surface area contributed by atoms with Gasteiger partial charge in [-0.25, -0.2) is 4.99 Å². The third-order valence-corrected chi connectivity index (χ3v) is 17.0. The number of nitrogens with zero attached hydrogens (tertiary/aromatic N) is 5. The van der Waals surface area contributed by atoms with Crippen molar-refractivity contribution in [1.82, 2.24) is 18.7 Å². The molecule has 420 valence electrons. The van der Waals surface area contributed by atoms with Gasteiger partial charge in [-0.2, -0.15) is 0 Å². The second-order valence-electron chi connectivity index (χ2n) is 21.4. The number of ether oxygens (including phenoxy) is 2. The van der Waals surface area contributed by atoms with E-state index in [1.165, 1.54) is 104 Å². The molecule has 0 saturated carbocycles. The maximum absolute atomic E-state index is 5.82. The summed E-state index contributed by atoms with van der Waals surface area (Å²) in [5.41, 5.74) is 20.3. The van der Waals surface area contributed by atoms with E-state index in [2.05, 4.69) is 238 Å². The number of benzene rings is 9. The minimum absolute atomic E-state index is 0.830. The first kappa shape index (κ1) is 54.7. The Bertz CT molecular complexity index is 5020. The first-order valence-corrected chi connectivity index (χ1v) is 29.7. The number of fused-ring (bicyclic) bond motifs is 12. The highest BCUT2D eigenvalue weighted by molar-refractivity contribution is 6.23. The van der Waals surface area contributed by atoms with Gasteiger partial charge in [0.25, 0.3) is 0 Å². The molecular weight excluding hydrogens is 1050 g/mol. The fourth-order valence-electron chi connectivity index (χ4n) is 13.5. The fraction of sp³-hybridized carbons (Fsp3) is 0.114. The zero-order chi connectivity index (χ0) is 59.0. The van der Waals surface area contributed by atoms with Gasteiger partial charge in [0.1, 0.15) is 17.3 Å². The number of aromatic nitrogens is 4. The summed E-state index contributed by atoms with van der Waals surface area (Å²) in [6.07, 6.45) is 21.1. The van der Waals surface area contributed by atoms with Crippen LogP contribution in [0, 0.1) is 0 Å². The molecule has 9 aromatic carbocycles. The van der Waals surface area contributed by atoms with Crippen LogP contribution >= 0.6 is 0 Å². The summed E-state index contributed by atoms with van der Waals surface area (Å²) >= 11 is 0. The summed E-state index contributed by atoms with van der Waals surface area (Å²) in [4.78, 5) is 9.22. The number of allylic oxidation sites excluding steroid dienone is 9. The van der Waals surface area contributed by atoms with E-state index in [0.717, 1.165) is 75.7 Å². The first-order valence-electron chi connectivity index (χ1n) is 29.7. The lowest BCUT2D eigenvalue weighted by Crippen LogP contribution is -2.05. The molecule has 2 aliphatic carbocycles. The van der Waals surface area contributed by atoms with Crippen LogP contribution in [0.25, 0.3) is 121 Å². The molecule has 0 radical (unpaired) electrons. The lowest BCUT2D eigenvalue weighted by molar-refractivity contribution is 0.304. The molecular formula is C79H67N5O2. The first-order chi connectivity index (χ1) is 42.5. The van der Waals surface area contributed by atoms with Crippen LogP contribution in [0.3, 0.4) is 0 Å². The summed E-state index contributed by atoms with van der Waals surface area (Å²) in [6.45, 7) is 16.2. The number of hydrogen-bond acceptors (Lipinski definition) is 4. The van der Waals surface area contributed by atoms with Crippen molar-refractivity contribution < 1.29 is 9.47 Å². The maximum Gasteiger partial charge on any atom is 0.144 e. The Hall–Kier alpha value is -10.5. The Kier molecular flexibility index (Phi) is 14.8. The van der Waals surface area contributed by atoms with Crippen LogP contribution in [0.5, 0.6) is 5.75 Å². The van der Waals surface area contributed by atoms with E-state index >= 15 is 0 Å². The molecule has 0 N–H and O–H groups in total. The van der Waals surface area contributed by atoms with Gasteiger partial charge in [-0.05, 0) is 157 Å². The molecule has 4 aromatic heterocycles. The Morgan fingerprint density at radius 2 is 1.23 bits per heavy atom. The van der Waals surface area contributed by atoms with Crippen molar-refractivity contribution in [2.45, 2.75) is 47.0 Å². The topological polar surface area (TPSA) is 58.5 Å². The lowest BCUT2D eigenvalue weighted by Gasteiger charge is -2.23. The smallest absolute Gasteiger partial charge is 0.144 e. The quantitative estimate of drug-likeness (QED) is 0.0737. The predicted molar refractivity (Wildman–Crippen MR) is 366 cm³/mol. The molecule has 0 atom stereocenters. The van der Waals surface area contributed by atoms with Crippen LogP contribution in [0.1, 0.15) is 57.2 Å². The van der Waals surface area contributed by atoms with Gasteiger partial charge in [-0.1, -0.05) is 172 Å². The molecule has 0 spiro atoms. The van der Waals surface area contributed by atoms with Gasteiger partial charge in [-0.3, -0.25) is 9.55 Å². The van der Waals surface area contributed by atoms with E-state index in [1.807, 2.05) is 63.5 Å². The van der Waals surface area contributed by atoms with Gasteiger partial charge in [0.05, 0.1) is 48.0 Å². The normalized spacial score (nSPS) is 13.2. The zero-order valence-corrected chi connectivity index (χ0v) is 49.6. The molecule has 7 nitrogen and oxygen atoms in total. The van der Waals surface area contributed by atoms with Crippen molar-refractivity contribution in [3.05, 3.63) is 271 Å². The van der Waals surface area contributed by atoms with Gasteiger partial charge in [0.15, 0.2) is 0 Å². The average molecular weight is 1120 g/mol. The van der Waals surface area contributed by atoms with Crippen LogP contribution in [-0.4, -0.2) is 39.6 Å². The van der Waals surface area contributed by atoms with E-state index in [9.17, 15) is 0 Å². The van der Waals surface area contributed by atoms with Crippen LogP contribution in [0.15, 0.2) is 259 Å². The number of methoxy groups -OCH3 is 2. The summed E-state index contributed by atoms with van der Waals surface area (Å²) in [7, 11) is 3.45. The number of rotatable bonds is 11. The molecule has 13 aromatic rings. The second-order valence-corrected chi connectivity index (χ2v) is 21.4. The van der Waals surface area contributed by atoms with Gasteiger partial charge < -0.3 is 18.6 Å². The number of pyridine rings is 1. The predicted octanol–water partition coefficient (Wildman–Crippen LogP) is 21.1. The van der Waals surface area contributed by atoms with E-state index in [4.69, 9.17) is 9.47 Å². The number of hydrogen-bond donors (Lipinski definition) is 0. The summed E-state index contributed by atoms with van der Waals surface area (Å²) in [5, 5.41) is 11.0. The highest BCUT2D eigenvalue weighted by atomic mass is 16.5. The molecule has 7 heteroatoms. The molecule has 0 fully saturated rings. The Morgan fingerprint density at radius 3 is 1.99 bits per heavy atom. The zero-order valence-electron chi connectivity index (χ0n) is 49.6. The highest BCUT2D eigenvalue weighted by Crippen LogP contribution is 2.49. The third-order valence-electron chi connectivity index (χ3n) is 17.0. The van der Waals surface area contributed by atoms with E-state index in [1.54, 1.807) is 14.2 Å². The molecule has 0 bridgehead atoms. The summed E-state index contributed by atoms with van der Waals surface area (Å²) in [5.74, 6) is 2.58. The SMILES string of the molecule is C=C/C(C1=CC=C(n2c(N=C)c(/C=C\C)c3cc4c5c(cccc5c32)Cc2ccccc2-4)CC1)=C(\C=C/C)OC.CC.COc1ccccc1-c1cc2c3ccncc3n(-c3ccc4c(c3)c3ccccc3n4-c3ccccc3)c2c2ccccc12. The average Bonchev–Trinajstić information content (AvgIpc) is 1.61. The van der Waals surface area contributed by atoms with Crippen LogP contribution < -0.4 is 4.74 Å².